The minimum atomic E-state index is -0.0764. The number of nitrogens with one attached hydrogen (secondary N) is 1. The first-order valence-corrected chi connectivity index (χ1v) is 9.63. The van der Waals surface area contributed by atoms with Crippen LogP contribution in [0.15, 0.2) is 30.3 Å². The topological polar surface area (TPSA) is 71.1 Å². The minimum Gasteiger partial charge on any atom is -0.381 e. The second-order valence-corrected chi connectivity index (χ2v) is 7.11. The summed E-state index contributed by atoms with van der Waals surface area (Å²) < 4.78 is 10.5. The Hall–Kier alpha value is -2.12. The first-order valence-electron chi connectivity index (χ1n) is 9.63. The van der Waals surface area contributed by atoms with Crippen molar-refractivity contribution in [3.63, 3.8) is 0 Å². The second kappa shape index (κ2) is 9.71. The van der Waals surface area contributed by atoms with Gasteiger partial charge in [0, 0.05) is 46.0 Å². The lowest BCUT2D eigenvalue weighted by atomic mass is 10.0. The van der Waals surface area contributed by atoms with Gasteiger partial charge in [-0.25, -0.2) is 4.79 Å². The van der Waals surface area contributed by atoms with Crippen molar-refractivity contribution in [1.82, 2.24) is 15.1 Å². The van der Waals surface area contributed by atoms with Gasteiger partial charge in [0.15, 0.2) is 0 Å². The fourth-order valence-corrected chi connectivity index (χ4v) is 3.91. The van der Waals surface area contributed by atoms with Crippen LogP contribution in [0.3, 0.4) is 0 Å². The summed E-state index contributed by atoms with van der Waals surface area (Å²) in [7, 11) is 1.54. The lowest BCUT2D eigenvalue weighted by Gasteiger charge is -2.38. The minimum absolute atomic E-state index is 0.000874. The third-order valence-corrected chi connectivity index (χ3v) is 5.27. The molecule has 1 unspecified atom stereocenters. The fraction of sp³-hybridized carbons (Fsp3) is 0.600. The largest absolute Gasteiger partial charge is 0.381 e. The Bertz CT molecular complexity index is 619. The average Bonchev–Trinajstić information content (AvgIpc) is 3.18. The lowest BCUT2D eigenvalue weighted by molar-refractivity contribution is -0.142. The summed E-state index contributed by atoms with van der Waals surface area (Å²) in [5.41, 5.74) is 1.07. The SMILES string of the molecule is COCC(=O)N(C1CCOCC1)C1CCN(C(=O)NCc2ccccc2)C1. The summed E-state index contributed by atoms with van der Waals surface area (Å²) in [5.74, 6) is 0.000874. The van der Waals surface area contributed by atoms with Crippen LogP contribution in [0.4, 0.5) is 4.79 Å². The molecule has 0 radical (unpaired) electrons. The van der Waals surface area contributed by atoms with Crippen molar-refractivity contribution in [2.75, 3.05) is 40.0 Å². The van der Waals surface area contributed by atoms with Gasteiger partial charge in [0.05, 0.1) is 6.04 Å². The number of benzene rings is 1. The number of likely N-dealkylation sites (tertiary alicyclic amines) is 1. The van der Waals surface area contributed by atoms with E-state index in [9.17, 15) is 9.59 Å². The smallest absolute Gasteiger partial charge is 0.317 e. The van der Waals surface area contributed by atoms with Crippen LogP contribution in [0.25, 0.3) is 0 Å². The summed E-state index contributed by atoms with van der Waals surface area (Å²) in [6, 6.07) is 9.98. The number of rotatable bonds is 6. The van der Waals surface area contributed by atoms with E-state index in [1.165, 1.54) is 7.11 Å². The highest BCUT2D eigenvalue weighted by atomic mass is 16.5. The third-order valence-electron chi connectivity index (χ3n) is 5.27. The zero-order valence-electron chi connectivity index (χ0n) is 15.9. The molecule has 0 aliphatic carbocycles. The Kier molecular flexibility index (Phi) is 7.06. The molecule has 0 saturated carbocycles. The van der Waals surface area contributed by atoms with E-state index in [0.717, 1.165) is 24.8 Å². The molecule has 7 heteroatoms. The number of hydrogen-bond donors (Lipinski definition) is 1. The molecule has 2 fully saturated rings. The number of carbonyl (C=O) groups is 2. The average molecular weight is 375 g/mol. The number of carbonyl (C=O) groups excluding carboxylic acids is 2. The number of amides is 3. The molecular formula is C20H29N3O4. The molecule has 2 aliphatic rings. The molecule has 27 heavy (non-hydrogen) atoms. The molecule has 3 amide bonds. The van der Waals surface area contributed by atoms with Crippen molar-refractivity contribution in [2.45, 2.75) is 37.9 Å². The molecule has 0 aromatic heterocycles. The van der Waals surface area contributed by atoms with Crippen LogP contribution in [-0.4, -0.2) is 73.8 Å². The molecule has 7 nitrogen and oxygen atoms in total. The molecular weight excluding hydrogens is 346 g/mol. The van der Waals surface area contributed by atoms with Crippen molar-refractivity contribution in [2.24, 2.45) is 0 Å². The van der Waals surface area contributed by atoms with Crippen LogP contribution in [0.1, 0.15) is 24.8 Å². The van der Waals surface area contributed by atoms with Crippen LogP contribution < -0.4 is 5.32 Å². The summed E-state index contributed by atoms with van der Waals surface area (Å²) in [6.45, 7) is 3.16. The van der Waals surface area contributed by atoms with Gasteiger partial charge in [-0.1, -0.05) is 30.3 Å². The number of urea groups is 1. The van der Waals surface area contributed by atoms with Crippen molar-refractivity contribution in [3.8, 4) is 0 Å². The Morgan fingerprint density at radius 3 is 2.63 bits per heavy atom. The Morgan fingerprint density at radius 2 is 1.93 bits per heavy atom. The highest BCUT2D eigenvalue weighted by molar-refractivity contribution is 5.79. The maximum Gasteiger partial charge on any atom is 0.317 e. The third kappa shape index (κ3) is 5.20. The number of hydrogen-bond acceptors (Lipinski definition) is 4. The summed E-state index contributed by atoms with van der Waals surface area (Å²) in [5, 5.41) is 2.97. The van der Waals surface area contributed by atoms with Crippen molar-refractivity contribution >= 4 is 11.9 Å². The zero-order valence-corrected chi connectivity index (χ0v) is 15.9. The molecule has 1 atom stereocenters. The van der Waals surface area contributed by atoms with Crippen molar-refractivity contribution in [3.05, 3.63) is 35.9 Å². The van der Waals surface area contributed by atoms with Crippen molar-refractivity contribution < 1.29 is 19.1 Å². The highest BCUT2D eigenvalue weighted by Gasteiger charge is 2.37. The summed E-state index contributed by atoms with van der Waals surface area (Å²) in [4.78, 5) is 28.9. The molecule has 0 spiro atoms. The molecule has 2 heterocycles. The van der Waals surface area contributed by atoms with Gasteiger partial charge in [0.1, 0.15) is 6.61 Å². The fourth-order valence-electron chi connectivity index (χ4n) is 3.91. The van der Waals surface area contributed by atoms with Gasteiger partial charge in [-0.2, -0.15) is 0 Å². The monoisotopic (exact) mass is 375 g/mol. The summed E-state index contributed by atoms with van der Waals surface area (Å²) >= 11 is 0. The zero-order chi connectivity index (χ0) is 19.1. The quantitative estimate of drug-likeness (QED) is 0.820. The van der Waals surface area contributed by atoms with E-state index >= 15 is 0 Å². The second-order valence-electron chi connectivity index (χ2n) is 7.11. The Morgan fingerprint density at radius 1 is 1.19 bits per heavy atom. The van der Waals surface area contributed by atoms with Crippen LogP contribution in [0, 0.1) is 0 Å². The molecule has 1 N–H and O–H groups in total. The highest BCUT2D eigenvalue weighted by Crippen LogP contribution is 2.23. The van der Waals surface area contributed by atoms with E-state index in [1.807, 2.05) is 35.2 Å². The molecule has 148 valence electrons. The van der Waals surface area contributed by atoms with Crippen molar-refractivity contribution in [1.29, 1.82) is 0 Å². The summed E-state index contributed by atoms with van der Waals surface area (Å²) in [6.07, 6.45) is 2.48. The first-order chi connectivity index (χ1) is 13.2. The molecule has 2 aliphatic heterocycles. The number of nitrogens with zero attached hydrogens (tertiary/aromatic N) is 2. The Labute approximate surface area is 160 Å². The molecule has 0 bridgehead atoms. The van der Waals surface area contributed by atoms with E-state index in [0.29, 0.717) is 32.8 Å². The molecule has 2 saturated heterocycles. The normalized spacial score (nSPS) is 20.5. The molecule has 3 rings (SSSR count). The van der Waals surface area contributed by atoms with E-state index < -0.39 is 0 Å². The van der Waals surface area contributed by atoms with E-state index in [4.69, 9.17) is 9.47 Å². The van der Waals surface area contributed by atoms with Crippen LogP contribution in [0.5, 0.6) is 0 Å². The maximum absolute atomic E-state index is 12.7. The Balaban J connectivity index is 1.57. The van der Waals surface area contributed by atoms with E-state index in [2.05, 4.69) is 5.32 Å². The standard InChI is InChI=1S/C20H29N3O4/c1-26-15-19(24)23(17-8-11-27-12-9-17)18-7-10-22(14-18)20(25)21-13-16-5-3-2-4-6-16/h2-6,17-18H,7-15H2,1H3,(H,21,25). The lowest BCUT2D eigenvalue weighted by Crippen LogP contribution is -2.52. The van der Waals surface area contributed by atoms with Gasteiger partial charge >= 0.3 is 6.03 Å². The van der Waals surface area contributed by atoms with Gasteiger partial charge in [0.2, 0.25) is 5.91 Å². The number of methoxy groups -OCH3 is 1. The van der Waals surface area contributed by atoms with E-state index in [-0.39, 0.29) is 30.6 Å². The predicted molar refractivity (Wildman–Crippen MR) is 101 cm³/mol. The van der Waals surface area contributed by atoms with E-state index in [1.54, 1.807) is 4.90 Å². The molecule has 1 aromatic rings. The predicted octanol–water partition coefficient (Wildman–Crippen LogP) is 1.62. The van der Waals surface area contributed by atoms with Crippen LogP contribution in [0.2, 0.25) is 0 Å². The first kappa shape index (κ1) is 19.6. The van der Waals surface area contributed by atoms with Gasteiger partial charge in [-0.3, -0.25) is 4.79 Å². The maximum atomic E-state index is 12.7. The number of ether oxygens (including phenoxy) is 2. The molecule has 1 aromatic carbocycles. The van der Waals surface area contributed by atoms with Gasteiger partial charge < -0.3 is 24.6 Å². The van der Waals surface area contributed by atoms with Crippen LogP contribution in [-0.2, 0) is 20.8 Å². The van der Waals surface area contributed by atoms with Crippen LogP contribution >= 0.6 is 0 Å². The van der Waals surface area contributed by atoms with Gasteiger partial charge in [-0.15, -0.1) is 0 Å². The van der Waals surface area contributed by atoms with Gasteiger partial charge in [-0.05, 0) is 24.8 Å². The van der Waals surface area contributed by atoms with Gasteiger partial charge in [0.25, 0.3) is 0 Å².